The summed E-state index contributed by atoms with van der Waals surface area (Å²) < 4.78 is 0. The van der Waals surface area contributed by atoms with Gasteiger partial charge in [0.15, 0.2) is 0 Å². The number of nitrogens with one attached hydrogen (secondary N) is 2. The summed E-state index contributed by atoms with van der Waals surface area (Å²) in [6.45, 7) is 7.17. The summed E-state index contributed by atoms with van der Waals surface area (Å²) in [4.78, 5) is 11.0. The monoisotopic (exact) mass is 274 g/mol. The quantitative estimate of drug-likeness (QED) is 0.879. The van der Waals surface area contributed by atoms with E-state index in [1.807, 2.05) is 12.1 Å². The minimum absolute atomic E-state index is 0.0271. The van der Waals surface area contributed by atoms with E-state index in [0.29, 0.717) is 11.5 Å². The summed E-state index contributed by atoms with van der Waals surface area (Å²) in [5.41, 5.74) is 2.66. The molecule has 1 aromatic carbocycles. The molecule has 0 aromatic heterocycles. The molecule has 1 amide bonds. The van der Waals surface area contributed by atoms with Crippen LogP contribution in [-0.4, -0.2) is 11.9 Å². The van der Waals surface area contributed by atoms with Gasteiger partial charge in [-0.25, -0.2) is 0 Å². The molecule has 3 heteroatoms. The topological polar surface area (TPSA) is 41.1 Å². The Morgan fingerprint density at radius 3 is 2.35 bits per heavy atom. The zero-order chi connectivity index (χ0) is 14.6. The van der Waals surface area contributed by atoms with Crippen molar-refractivity contribution in [2.75, 3.05) is 5.32 Å². The standard InChI is InChI=1S/C17H26N2O/c1-13(20)19-16-6-4-14(5-7-16)12-18-15-8-10-17(2,3)11-9-15/h4-7,15,18H,8-12H2,1-3H3,(H,19,20). The molecule has 1 saturated carbocycles. The molecule has 2 rings (SSSR count). The van der Waals surface area contributed by atoms with Gasteiger partial charge in [-0.05, 0) is 48.8 Å². The Morgan fingerprint density at radius 1 is 1.20 bits per heavy atom. The van der Waals surface area contributed by atoms with Crippen LogP contribution in [0.4, 0.5) is 5.69 Å². The van der Waals surface area contributed by atoms with Gasteiger partial charge in [-0.3, -0.25) is 4.79 Å². The van der Waals surface area contributed by atoms with Gasteiger partial charge in [-0.15, -0.1) is 0 Å². The van der Waals surface area contributed by atoms with E-state index in [1.165, 1.54) is 38.2 Å². The third-order valence-corrected chi connectivity index (χ3v) is 4.21. The number of amides is 1. The number of carbonyl (C=O) groups excluding carboxylic acids is 1. The van der Waals surface area contributed by atoms with Gasteiger partial charge in [0.25, 0.3) is 0 Å². The number of hydrogen-bond acceptors (Lipinski definition) is 2. The SMILES string of the molecule is CC(=O)Nc1ccc(CNC2CCC(C)(C)CC2)cc1. The Morgan fingerprint density at radius 2 is 1.80 bits per heavy atom. The molecule has 0 spiro atoms. The van der Waals surface area contributed by atoms with Crippen LogP contribution in [0.1, 0.15) is 52.0 Å². The van der Waals surface area contributed by atoms with Crippen molar-refractivity contribution >= 4 is 11.6 Å². The average Bonchev–Trinajstić information content (AvgIpc) is 2.38. The number of anilines is 1. The summed E-state index contributed by atoms with van der Waals surface area (Å²) >= 11 is 0. The highest BCUT2D eigenvalue weighted by atomic mass is 16.1. The predicted molar refractivity (Wildman–Crippen MR) is 83.6 cm³/mol. The van der Waals surface area contributed by atoms with Gasteiger partial charge in [-0.2, -0.15) is 0 Å². The summed E-state index contributed by atoms with van der Waals surface area (Å²) in [7, 11) is 0. The lowest BCUT2D eigenvalue weighted by Crippen LogP contribution is -2.35. The van der Waals surface area contributed by atoms with Crippen LogP contribution in [0, 0.1) is 5.41 Å². The molecular formula is C17H26N2O. The highest BCUT2D eigenvalue weighted by molar-refractivity contribution is 5.88. The Balaban J connectivity index is 1.78. The maximum Gasteiger partial charge on any atom is 0.221 e. The largest absolute Gasteiger partial charge is 0.326 e. The molecule has 0 aliphatic heterocycles. The van der Waals surface area contributed by atoms with Crippen molar-refractivity contribution in [1.29, 1.82) is 0 Å². The highest BCUT2D eigenvalue weighted by Crippen LogP contribution is 2.35. The third-order valence-electron chi connectivity index (χ3n) is 4.21. The lowest BCUT2D eigenvalue weighted by molar-refractivity contribution is -0.114. The number of rotatable bonds is 4. The van der Waals surface area contributed by atoms with Crippen molar-refractivity contribution in [2.24, 2.45) is 5.41 Å². The van der Waals surface area contributed by atoms with E-state index >= 15 is 0 Å². The number of carbonyl (C=O) groups is 1. The van der Waals surface area contributed by atoms with E-state index in [0.717, 1.165) is 12.2 Å². The molecule has 2 N–H and O–H groups in total. The van der Waals surface area contributed by atoms with Crippen LogP contribution in [0.15, 0.2) is 24.3 Å². The molecular weight excluding hydrogens is 248 g/mol. The van der Waals surface area contributed by atoms with Crippen LogP contribution in [0.5, 0.6) is 0 Å². The molecule has 1 aliphatic carbocycles. The maximum atomic E-state index is 11.0. The van der Waals surface area contributed by atoms with Gasteiger partial charge >= 0.3 is 0 Å². The minimum Gasteiger partial charge on any atom is -0.326 e. The van der Waals surface area contributed by atoms with E-state index in [1.54, 1.807) is 0 Å². The van der Waals surface area contributed by atoms with E-state index in [9.17, 15) is 4.79 Å². The molecule has 1 aliphatic rings. The second kappa shape index (κ2) is 6.40. The van der Waals surface area contributed by atoms with Gasteiger partial charge in [0, 0.05) is 25.2 Å². The van der Waals surface area contributed by atoms with Crippen molar-refractivity contribution in [3.8, 4) is 0 Å². The van der Waals surface area contributed by atoms with Crippen molar-refractivity contribution in [1.82, 2.24) is 5.32 Å². The summed E-state index contributed by atoms with van der Waals surface area (Å²) in [5.74, 6) is -0.0271. The smallest absolute Gasteiger partial charge is 0.221 e. The first-order chi connectivity index (χ1) is 9.44. The van der Waals surface area contributed by atoms with Crippen molar-refractivity contribution < 1.29 is 4.79 Å². The Kier molecular flexibility index (Phi) is 4.81. The van der Waals surface area contributed by atoms with Gasteiger partial charge in [-0.1, -0.05) is 26.0 Å². The second-order valence-corrected chi connectivity index (χ2v) is 6.70. The molecule has 110 valence electrons. The fourth-order valence-electron chi connectivity index (χ4n) is 2.77. The molecule has 1 fully saturated rings. The van der Waals surface area contributed by atoms with Gasteiger partial charge in [0.1, 0.15) is 0 Å². The van der Waals surface area contributed by atoms with Gasteiger partial charge in [0.05, 0.1) is 0 Å². The normalized spacial score (nSPS) is 18.8. The fraction of sp³-hybridized carbons (Fsp3) is 0.588. The van der Waals surface area contributed by atoms with E-state index in [2.05, 4.69) is 36.6 Å². The molecule has 0 atom stereocenters. The number of hydrogen-bond donors (Lipinski definition) is 2. The van der Waals surface area contributed by atoms with Crippen molar-refractivity contribution in [3.05, 3.63) is 29.8 Å². The Bertz CT molecular complexity index is 441. The van der Waals surface area contributed by atoms with Crippen LogP contribution in [0.2, 0.25) is 0 Å². The van der Waals surface area contributed by atoms with Crippen LogP contribution in [0.25, 0.3) is 0 Å². The Hall–Kier alpha value is -1.35. The van der Waals surface area contributed by atoms with Crippen molar-refractivity contribution in [3.63, 3.8) is 0 Å². The molecule has 0 heterocycles. The van der Waals surface area contributed by atoms with Crippen LogP contribution in [-0.2, 0) is 11.3 Å². The van der Waals surface area contributed by atoms with E-state index in [-0.39, 0.29) is 5.91 Å². The molecule has 1 aromatic rings. The second-order valence-electron chi connectivity index (χ2n) is 6.70. The number of benzene rings is 1. The van der Waals surface area contributed by atoms with Crippen LogP contribution < -0.4 is 10.6 Å². The molecule has 20 heavy (non-hydrogen) atoms. The minimum atomic E-state index is -0.0271. The summed E-state index contributed by atoms with van der Waals surface area (Å²) in [6.07, 6.45) is 5.17. The first-order valence-corrected chi connectivity index (χ1v) is 7.54. The lowest BCUT2D eigenvalue weighted by Gasteiger charge is -2.34. The first kappa shape index (κ1) is 15.0. The molecule has 3 nitrogen and oxygen atoms in total. The van der Waals surface area contributed by atoms with Gasteiger partial charge < -0.3 is 10.6 Å². The Labute approximate surface area is 122 Å². The highest BCUT2D eigenvalue weighted by Gasteiger charge is 2.26. The van der Waals surface area contributed by atoms with E-state index < -0.39 is 0 Å². The summed E-state index contributed by atoms with van der Waals surface area (Å²) in [5, 5.41) is 6.44. The molecule has 0 unspecified atom stereocenters. The fourth-order valence-corrected chi connectivity index (χ4v) is 2.77. The molecule has 0 bridgehead atoms. The van der Waals surface area contributed by atoms with Crippen molar-refractivity contribution in [2.45, 2.75) is 59.0 Å². The lowest BCUT2D eigenvalue weighted by atomic mass is 9.75. The van der Waals surface area contributed by atoms with Crippen LogP contribution in [0.3, 0.4) is 0 Å². The zero-order valence-electron chi connectivity index (χ0n) is 12.8. The van der Waals surface area contributed by atoms with E-state index in [4.69, 9.17) is 0 Å². The first-order valence-electron chi connectivity index (χ1n) is 7.54. The third kappa shape index (κ3) is 4.64. The average molecular weight is 274 g/mol. The predicted octanol–water partition coefficient (Wildman–Crippen LogP) is 3.70. The molecule has 0 radical (unpaired) electrons. The maximum absolute atomic E-state index is 11.0. The molecule has 0 saturated heterocycles. The zero-order valence-corrected chi connectivity index (χ0v) is 12.8. The van der Waals surface area contributed by atoms with Gasteiger partial charge in [0.2, 0.25) is 5.91 Å². The summed E-state index contributed by atoms with van der Waals surface area (Å²) in [6, 6.07) is 8.72. The van der Waals surface area contributed by atoms with Crippen LogP contribution >= 0.6 is 0 Å².